The number of hydrogen-bond donors (Lipinski definition) is 3. The normalized spacial score (nSPS) is 15.1. The monoisotopic (exact) mass is 425 g/mol. The van der Waals surface area contributed by atoms with E-state index in [0.29, 0.717) is 32.2 Å². The van der Waals surface area contributed by atoms with Crippen LogP contribution in [0.15, 0.2) is 30.3 Å². The van der Waals surface area contributed by atoms with E-state index in [1.54, 1.807) is 0 Å². The van der Waals surface area contributed by atoms with Crippen LogP contribution >= 0.6 is 0 Å². The van der Waals surface area contributed by atoms with Gasteiger partial charge in [-0.3, -0.25) is 14.5 Å². The molecule has 0 saturated carbocycles. The lowest BCUT2D eigenvalue weighted by molar-refractivity contribution is -0.138. The Bertz CT molecular complexity index is 957. The first kappa shape index (κ1) is 21.7. The van der Waals surface area contributed by atoms with Crippen LogP contribution in [0.3, 0.4) is 0 Å². The second-order valence-corrected chi connectivity index (χ2v) is 6.86. The minimum Gasteiger partial charge on any atom is -0.504 e. The number of alkyl halides is 3. The van der Waals surface area contributed by atoms with Crippen molar-refractivity contribution in [1.29, 1.82) is 0 Å². The Morgan fingerprint density at radius 1 is 1.20 bits per heavy atom. The van der Waals surface area contributed by atoms with Gasteiger partial charge in [0, 0.05) is 44.0 Å². The van der Waals surface area contributed by atoms with Gasteiger partial charge in [-0.05, 0) is 29.8 Å². The summed E-state index contributed by atoms with van der Waals surface area (Å²) >= 11 is 0. The van der Waals surface area contributed by atoms with Crippen LogP contribution in [-0.4, -0.2) is 48.4 Å². The fraction of sp³-hybridized carbons (Fsp3) is 0.300. The molecule has 0 spiro atoms. The summed E-state index contributed by atoms with van der Waals surface area (Å²) in [5, 5.41) is 14.8. The number of carbonyl (C=O) groups is 2. The summed E-state index contributed by atoms with van der Waals surface area (Å²) in [5.74, 6) is -3.01. The smallest absolute Gasteiger partial charge is 0.416 e. The van der Waals surface area contributed by atoms with Crippen LogP contribution in [-0.2, 0) is 12.7 Å². The number of rotatable bonds is 5. The Morgan fingerprint density at radius 3 is 2.53 bits per heavy atom. The van der Waals surface area contributed by atoms with Gasteiger partial charge in [0.25, 0.3) is 5.91 Å². The van der Waals surface area contributed by atoms with Gasteiger partial charge < -0.3 is 15.7 Å². The van der Waals surface area contributed by atoms with Crippen molar-refractivity contribution in [2.45, 2.75) is 12.7 Å². The minimum atomic E-state index is -4.63. The molecule has 10 heteroatoms. The highest BCUT2D eigenvalue weighted by Gasteiger charge is 2.34. The van der Waals surface area contributed by atoms with E-state index in [1.807, 2.05) is 4.90 Å². The summed E-state index contributed by atoms with van der Waals surface area (Å²) in [4.78, 5) is 25.1. The molecule has 3 N–H and O–H groups in total. The average Bonchev–Trinajstić information content (AvgIpc) is 2.71. The third-order valence-electron chi connectivity index (χ3n) is 4.76. The van der Waals surface area contributed by atoms with E-state index in [-0.39, 0.29) is 29.6 Å². The molecule has 1 heterocycles. The second kappa shape index (κ2) is 8.80. The molecule has 1 aliphatic rings. The van der Waals surface area contributed by atoms with Crippen LogP contribution in [0.25, 0.3) is 0 Å². The lowest BCUT2D eigenvalue weighted by atomic mass is 10.0. The number of aldehydes is 1. The zero-order valence-corrected chi connectivity index (χ0v) is 15.7. The van der Waals surface area contributed by atoms with Crippen molar-refractivity contribution in [3.63, 3.8) is 0 Å². The predicted octanol–water partition coefficient (Wildman–Crippen LogP) is 3.02. The van der Waals surface area contributed by atoms with Crippen molar-refractivity contribution in [3.8, 4) is 5.75 Å². The molecule has 1 saturated heterocycles. The molecule has 1 amide bonds. The number of halogens is 4. The average molecular weight is 425 g/mol. The number of phenols is 1. The zero-order valence-electron chi connectivity index (χ0n) is 15.7. The fourth-order valence-corrected chi connectivity index (χ4v) is 3.21. The zero-order chi connectivity index (χ0) is 21.9. The number of phenolic OH excluding ortho intramolecular Hbond substituents is 1. The number of hydrogen-bond acceptors (Lipinski definition) is 5. The molecule has 6 nitrogen and oxygen atoms in total. The van der Waals surface area contributed by atoms with Crippen LogP contribution in [0.5, 0.6) is 5.75 Å². The van der Waals surface area contributed by atoms with E-state index in [0.717, 1.165) is 12.1 Å². The third kappa shape index (κ3) is 4.95. The standard InChI is InChI=1S/C20H19F4N3O3/c21-17-8-13(7-14(11-28)18(17)29)19(30)26-15-2-1-12(16(9-15)20(22,23)24)10-27-5-3-25-4-6-27/h1-2,7-9,11,25,29H,3-6,10H2,(H,26,30). The van der Waals surface area contributed by atoms with Gasteiger partial charge in [-0.15, -0.1) is 0 Å². The molecule has 2 aromatic rings. The lowest BCUT2D eigenvalue weighted by Gasteiger charge is -2.28. The number of piperazine rings is 1. The Morgan fingerprint density at radius 2 is 1.90 bits per heavy atom. The predicted molar refractivity (Wildman–Crippen MR) is 101 cm³/mol. The van der Waals surface area contributed by atoms with E-state index in [9.17, 15) is 32.3 Å². The van der Waals surface area contributed by atoms with E-state index in [1.165, 1.54) is 12.1 Å². The highest BCUT2D eigenvalue weighted by Crippen LogP contribution is 2.34. The Balaban J connectivity index is 1.85. The number of aromatic hydroxyl groups is 1. The van der Waals surface area contributed by atoms with Crippen LogP contribution < -0.4 is 10.6 Å². The van der Waals surface area contributed by atoms with Crippen molar-refractivity contribution >= 4 is 17.9 Å². The van der Waals surface area contributed by atoms with E-state index in [2.05, 4.69) is 10.6 Å². The van der Waals surface area contributed by atoms with Gasteiger partial charge in [0.2, 0.25) is 0 Å². The van der Waals surface area contributed by atoms with Gasteiger partial charge in [-0.1, -0.05) is 6.07 Å². The highest BCUT2D eigenvalue weighted by atomic mass is 19.4. The molecule has 0 atom stereocenters. The Labute approximate surface area is 169 Å². The molecule has 0 unspecified atom stereocenters. The molecule has 0 aromatic heterocycles. The first-order valence-corrected chi connectivity index (χ1v) is 9.11. The summed E-state index contributed by atoms with van der Waals surface area (Å²) in [6.45, 7) is 2.77. The third-order valence-corrected chi connectivity index (χ3v) is 4.76. The maximum Gasteiger partial charge on any atom is 0.416 e. The SMILES string of the molecule is O=Cc1cc(C(=O)Nc2ccc(CN3CCNCC3)c(C(F)(F)F)c2)cc(F)c1O. The first-order chi connectivity index (χ1) is 14.2. The van der Waals surface area contributed by atoms with E-state index >= 15 is 0 Å². The van der Waals surface area contributed by atoms with Crippen molar-refractivity contribution in [2.75, 3.05) is 31.5 Å². The van der Waals surface area contributed by atoms with Gasteiger partial charge >= 0.3 is 6.18 Å². The molecule has 0 aliphatic carbocycles. The molecule has 1 fully saturated rings. The molecule has 0 radical (unpaired) electrons. The quantitative estimate of drug-likeness (QED) is 0.507. The Kier molecular flexibility index (Phi) is 6.37. The largest absolute Gasteiger partial charge is 0.504 e. The van der Waals surface area contributed by atoms with E-state index in [4.69, 9.17) is 0 Å². The van der Waals surface area contributed by atoms with Crippen LogP contribution in [0.1, 0.15) is 31.8 Å². The molecule has 0 bridgehead atoms. The summed E-state index contributed by atoms with van der Waals surface area (Å²) in [5.41, 5.74) is -1.67. The molecule has 160 valence electrons. The van der Waals surface area contributed by atoms with Crippen LogP contribution in [0.4, 0.5) is 23.2 Å². The molecule has 30 heavy (non-hydrogen) atoms. The maximum atomic E-state index is 13.7. The van der Waals surface area contributed by atoms with Gasteiger partial charge in [0.15, 0.2) is 17.9 Å². The summed E-state index contributed by atoms with van der Waals surface area (Å²) in [6.07, 6.45) is -4.46. The number of nitrogens with one attached hydrogen (secondary N) is 2. The van der Waals surface area contributed by atoms with Crippen LogP contribution in [0.2, 0.25) is 0 Å². The van der Waals surface area contributed by atoms with Crippen LogP contribution in [0, 0.1) is 5.82 Å². The number of benzene rings is 2. The molecular formula is C20H19F4N3O3. The van der Waals surface area contributed by atoms with Crippen molar-refractivity contribution in [1.82, 2.24) is 10.2 Å². The van der Waals surface area contributed by atoms with Crippen molar-refractivity contribution in [3.05, 3.63) is 58.4 Å². The van der Waals surface area contributed by atoms with Gasteiger partial charge in [0.1, 0.15) is 0 Å². The number of anilines is 1. The number of carbonyl (C=O) groups excluding carboxylic acids is 2. The summed E-state index contributed by atoms with van der Waals surface area (Å²) < 4.78 is 54.4. The number of amides is 1. The minimum absolute atomic E-state index is 0.0846. The van der Waals surface area contributed by atoms with Gasteiger partial charge in [-0.25, -0.2) is 4.39 Å². The van der Waals surface area contributed by atoms with Crippen molar-refractivity contribution in [2.24, 2.45) is 0 Å². The van der Waals surface area contributed by atoms with Gasteiger partial charge in [-0.2, -0.15) is 13.2 Å². The fourth-order valence-electron chi connectivity index (χ4n) is 3.21. The van der Waals surface area contributed by atoms with Crippen molar-refractivity contribution < 1.29 is 32.3 Å². The summed E-state index contributed by atoms with van der Waals surface area (Å²) in [7, 11) is 0. The molecule has 3 rings (SSSR count). The summed E-state index contributed by atoms with van der Waals surface area (Å²) in [6, 6.07) is 5.11. The lowest BCUT2D eigenvalue weighted by Crippen LogP contribution is -2.43. The topological polar surface area (TPSA) is 81.7 Å². The number of nitrogens with zero attached hydrogens (tertiary/aromatic N) is 1. The maximum absolute atomic E-state index is 13.7. The molecule has 2 aromatic carbocycles. The first-order valence-electron chi connectivity index (χ1n) is 9.11. The van der Waals surface area contributed by atoms with Gasteiger partial charge in [0.05, 0.1) is 11.1 Å². The van der Waals surface area contributed by atoms with E-state index < -0.39 is 34.8 Å². The Hall–Kier alpha value is -2.98. The highest BCUT2D eigenvalue weighted by molar-refractivity contribution is 6.05. The molecule has 1 aliphatic heterocycles. The molecular weight excluding hydrogens is 406 g/mol. The second-order valence-electron chi connectivity index (χ2n) is 6.86.